The molecule has 3 heterocycles. The topological polar surface area (TPSA) is 64.3 Å². The summed E-state index contributed by atoms with van der Waals surface area (Å²) in [5.41, 5.74) is 0. The summed E-state index contributed by atoms with van der Waals surface area (Å²) in [6.45, 7) is 1.48. The Kier molecular flexibility index (Phi) is 2.15. The molecule has 2 aromatic rings. The molecular weight excluding hydrogens is 214 g/mol. The summed E-state index contributed by atoms with van der Waals surface area (Å²) in [7, 11) is 1.95. The van der Waals surface area contributed by atoms with Gasteiger partial charge in [-0.05, 0) is 7.05 Å². The highest BCUT2D eigenvalue weighted by Crippen LogP contribution is 2.28. The van der Waals surface area contributed by atoms with E-state index >= 15 is 0 Å². The van der Waals surface area contributed by atoms with Crippen LogP contribution in [0.3, 0.4) is 0 Å². The molecule has 6 nitrogen and oxygen atoms in total. The SMILES string of the molecule is CNC1COCC1c1nn2cnnc2s1. The lowest BCUT2D eigenvalue weighted by molar-refractivity contribution is 0.188. The van der Waals surface area contributed by atoms with Gasteiger partial charge < -0.3 is 10.1 Å². The molecule has 80 valence electrons. The Hall–Kier alpha value is -1.05. The average molecular weight is 225 g/mol. The van der Waals surface area contributed by atoms with E-state index in [1.54, 1.807) is 22.2 Å². The fourth-order valence-electron chi connectivity index (χ4n) is 1.81. The molecule has 0 saturated carbocycles. The first-order valence-electron chi connectivity index (χ1n) is 4.80. The van der Waals surface area contributed by atoms with Crippen LogP contribution < -0.4 is 5.32 Å². The molecule has 1 N–H and O–H groups in total. The maximum absolute atomic E-state index is 5.45. The van der Waals surface area contributed by atoms with E-state index in [2.05, 4.69) is 20.6 Å². The fourth-order valence-corrected chi connectivity index (χ4v) is 2.78. The monoisotopic (exact) mass is 225 g/mol. The van der Waals surface area contributed by atoms with E-state index in [-0.39, 0.29) is 0 Å². The third-order valence-corrected chi connectivity index (χ3v) is 3.72. The van der Waals surface area contributed by atoms with Crippen molar-refractivity contribution in [3.63, 3.8) is 0 Å². The number of nitrogens with one attached hydrogen (secondary N) is 1. The second-order valence-corrected chi connectivity index (χ2v) is 4.53. The molecule has 0 aliphatic carbocycles. The summed E-state index contributed by atoms with van der Waals surface area (Å²) >= 11 is 1.58. The van der Waals surface area contributed by atoms with Crippen molar-refractivity contribution in [2.24, 2.45) is 0 Å². The third-order valence-electron chi connectivity index (χ3n) is 2.67. The first-order valence-corrected chi connectivity index (χ1v) is 5.62. The number of ether oxygens (including phenoxy) is 1. The Morgan fingerprint density at radius 1 is 1.60 bits per heavy atom. The van der Waals surface area contributed by atoms with Gasteiger partial charge >= 0.3 is 0 Å². The summed E-state index contributed by atoms with van der Waals surface area (Å²) in [6, 6.07) is 0.355. The molecule has 1 saturated heterocycles. The van der Waals surface area contributed by atoms with Crippen molar-refractivity contribution < 1.29 is 4.74 Å². The molecule has 0 radical (unpaired) electrons. The average Bonchev–Trinajstić information content (AvgIpc) is 2.91. The third kappa shape index (κ3) is 1.43. The molecule has 1 aliphatic heterocycles. The van der Waals surface area contributed by atoms with Gasteiger partial charge in [-0.1, -0.05) is 11.3 Å². The van der Waals surface area contributed by atoms with Gasteiger partial charge in [-0.25, -0.2) is 0 Å². The Morgan fingerprint density at radius 2 is 2.53 bits per heavy atom. The summed E-state index contributed by atoms with van der Waals surface area (Å²) in [4.78, 5) is 0.840. The minimum Gasteiger partial charge on any atom is -0.379 e. The Bertz CT molecular complexity index is 438. The van der Waals surface area contributed by atoms with Gasteiger partial charge in [0.2, 0.25) is 4.96 Å². The zero-order valence-electron chi connectivity index (χ0n) is 8.25. The normalized spacial score (nSPS) is 26.5. The number of fused-ring (bicyclic) bond motifs is 1. The molecule has 0 spiro atoms. The highest BCUT2D eigenvalue weighted by molar-refractivity contribution is 7.16. The van der Waals surface area contributed by atoms with Crippen LogP contribution in [0.1, 0.15) is 10.9 Å². The number of rotatable bonds is 2. The molecule has 15 heavy (non-hydrogen) atoms. The van der Waals surface area contributed by atoms with Crippen molar-refractivity contribution in [2.75, 3.05) is 20.3 Å². The van der Waals surface area contributed by atoms with Gasteiger partial charge in [0.1, 0.15) is 11.3 Å². The number of nitrogens with zero attached hydrogens (tertiary/aromatic N) is 4. The summed E-state index contributed by atoms with van der Waals surface area (Å²) in [6.07, 6.45) is 1.62. The zero-order valence-corrected chi connectivity index (χ0v) is 9.07. The van der Waals surface area contributed by atoms with Crippen LogP contribution in [-0.2, 0) is 4.74 Å². The van der Waals surface area contributed by atoms with E-state index in [4.69, 9.17) is 4.74 Å². The molecule has 2 atom stereocenters. The van der Waals surface area contributed by atoms with Crippen molar-refractivity contribution in [3.8, 4) is 0 Å². The van der Waals surface area contributed by atoms with Crippen molar-refractivity contribution in [2.45, 2.75) is 12.0 Å². The van der Waals surface area contributed by atoms with Crippen LogP contribution in [0.5, 0.6) is 0 Å². The van der Waals surface area contributed by atoms with Gasteiger partial charge in [0.25, 0.3) is 0 Å². The van der Waals surface area contributed by atoms with E-state index in [0.717, 1.165) is 23.2 Å². The lowest BCUT2D eigenvalue weighted by atomic mass is 10.1. The smallest absolute Gasteiger partial charge is 0.234 e. The molecular formula is C8H11N5OS. The van der Waals surface area contributed by atoms with Gasteiger partial charge in [0.15, 0.2) is 0 Å². The molecule has 0 amide bonds. The Balaban J connectivity index is 1.95. The summed E-state index contributed by atoms with van der Waals surface area (Å²) in [5.74, 6) is 0.335. The molecule has 2 unspecified atom stereocenters. The van der Waals surface area contributed by atoms with Gasteiger partial charge in [-0.2, -0.15) is 9.61 Å². The molecule has 3 rings (SSSR count). The molecule has 0 bridgehead atoms. The molecule has 1 aliphatic rings. The summed E-state index contributed by atoms with van der Waals surface area (Å²) in [5, 5.41) is 16.5. The van der Waals surface area contributed by atoms with Crippen LogP contribution in [0.4, 0.5) is 0 Å². The van der Waals surface area contributed by atoms with Gasteiger partial charge in [-0.3, -0.25) is 0 Å². The predicted molar refractivity (Wildman–Crippen MR) is 55.1 cm³/mol. The minimum absolute atomic E-state index is 0.335. The molecule has 0 aromatic carbocycles. The number of likely N-dealkylation sites (N-methyl/N-ethyl adjacent to an activating group) is 1. The fraction of sp³-hybridized carbons (Fsp3) is 0.625. The van der Waals surface area contributed by atoms with E-state index in [1.165, 1.54) is 0 Å². The maximum atomic E-state index is 5.45. The Morgan fingerprint density at radius 3 is 3.33 bits per heavy atom. The van der Waals surface area contributed by atoms with E-state index in [9.17, 15) is 0 Å². The molecule has 7 heteroatoms. The first-order chi connectivity index (χ1) is 7.38. The summed E-state index contributed by atoms with van der Waals surface area (Å²) < 4.78 is 7.16. The standard InChI is InChI=1S/C8H11N5OS/c1-9-6-3-14-2-5(6)7-12-13-4-10-11-8(13)15-7/h4-6,9H,2-3H2,1H3. The van der Waals surface area contributed by atoms with E-state index in [1.807, 2.05) is 7.05 Å². The second-order valence-electron chi connectivity index (χ2n) is 3.54. The van der Waals surface area contributed by atoms with Crippen LogP contribution in [0.25, 0.3) is 4.96 Å². The number of hydrogen-bond acceptors (Lipinski definition) is 6. The predicted octanol–water partition coefficient (Wildman–Crippen LogP) is -0.112. The van der Waals surface area contributed by atoms with Crippen LogP contribution in [0.15, 0.2) is 6.33 Å². The maximum Gasteiger partial charge on any atom is 0.234 e. The highest BCUT2D eigenvalue weighted by atomic mass is 32.1. The second kappa shape index (κ2) is 3.51. The van der Waals surface area contributed by atoms with Gasteiger partial charge in [0, 0.05) is 6.04 Å². The number of hydrogen-bond donors (Lipinski definition) is 1. The Labute approximate surface area is 90.3 Å². The number of aromatic nitrogens is 4. The van der Waals surface area contributed by atoms with Crippen molar-refractivity contribution in [1.29, 1.82) is 0 Å². The van der Waals surface area contributed by atoms with Crippen LogP contribution >= 0.6 is 11.3 Å². The van der Waals surface area contributed by atoms with Crippen molar-refractivity contribution in [3.05, 3.63) is 11.3 Å². The molecule has 2 aromatic heterocycles. The quantitative estimate of drug-likeness (QED) is 0.772. The van der Waals surface area contributed by atoms with Crippen LogP contribution in [-0.4, -0.2) is 46.1 Å². The highest BCUT2D eigenvalue weighted by Gasteiger charge is 2.31. The molecule has 1 fully saturated rings. The van der Waals surface area contributed by atoms with Crippen molar-refractivity contribution in [1.82, 2.24) is 25.1 Å². The lowest BCUT2D eigenvalue weighted by Crippen LogP contribution is -2.31. The van der Waals surface area contributed by atoms with Gasteiger partial charge in [-0.15, -0.1) is 10.2 Å². The van der Waals surface area contributed by atoms with Gasteiger partial charge in [0.05, 0.1) is 19.1 Å². The van der Waals surface area contributed by atoms with Crippen LogP contribution in [0, 0.1) is 0 Å². The minimum atomic E-state index is 0.335. The van der Waals surface area contributed by atoms with Crippen LogP contribution in [0.2, 0.25) is 0 Å². The van der Waals surface area contributed by atoms with E-state index < -0.39 is 0 Å². The first kappa shape index (κ1) is 9.20. The van der Waals surface area contributed by atoms with Crippen molar-refractivity contribution >= 4 is 16.3 Å². The lowest BCUT2D eigenvalue weighted by Gasteiger charge is -2.12. The largest absolute Gasteiger partial charge is 0.379 e. The van der Waals surface area contributed by atoms with E-state index in [0.29, 0.717) is 12.0 Å². The zero-order chi connectivity index (χ0) is 10.3.